The van der Waals surface area contributed by atoms with Crippen molar-refractivity contribution in [1.82, 2.24) is 4.72 Å². The molecular weight excluding hydrogens is 342 g/mol. The number of amides is 1. The lowest BCUT2D eigenvalue weighted by atomic mass is 10.2. The van der Waals surface area contributed by atoms with Crippen molar-refractivity contribution < 1.29 is 22.7 Å². The fourth-order valence-electron chi connectivity index (χ4n) is 2.28. The van der Waals surface area contributed by atoms with Crippen molar-refractivity contribution in [3.63, 3.8) is 0 Å². The van der Waals surface area contributed by atoms with Crippen LogP contribution in [0.1, 0.15) is 11.1 Å². The maximum atomic E-state index is 12.2. The molecule has 1 heterocycles. The van der Waals surface area contributed by atoms with Crippen molar-refractivity contribution in [2.75, 3.05) is 13.2 Å². The molecule has 0 atom stereocenters. The number of hydrogen-bond acceptors (Lipinski definition) is 5. The first-order chi connectivity index (χ1) is 11.9. The van der Waals surface area contributed by atoms with Gasteiger partial charge in [-0.25, -0.2) is 13.1 Å². The number of carbonyl (C=O) groups excluding carboxylic acids is 1. The van der Waals surface area contributed by atoms with Crippen LogP contribution >= 0.6 is 0 Å². The summed E-state index contributed by atoms with van der Waals surface area (Å²) >= 11 is 0. The first kappa shape index (κ1) is 17.0. The van der Waals surface area contributed by atoms with E-state index in [-0.39, 0.29) is 4.90 Å². The number of sulfonamides is 1. The summed E-state index contributed by atoms with van der Waals surface area (Å²) in [6.07, 6.45) is 2.68. The number of rotatable bonds is 4. The molecule has 0 aliphatic carbocycles. The molecule has 2 aromatic carbocycles. The Morgan fingerprint density at radius 3 is 2.44 bits per heavy atom. The minimum Gasteiger partial charge on any atom is -0.486 e. The van der Waals surface area contributed by atoms with Gasteiger partial charge in [0, 0.05) is 6.08 Å². The first-order valence-corrected chi connectivity index (χ1v) is 9.13. The molecule has 0 unspecified atom stereocenters. The van der Waals surface area contributed by atoms with Crippen molar-refractivity contribution in [2.45, 2.75) is 11.8 Å². The molecule has 1 amide bonds. The molecule has 0 saturated carbocycles. The van der Waals surface area contributed by atoms with Crippen LogP contribution in [0.5, 0.6) is 11.5 Å². The normalized spacial score (nSPS) is 13.6. The molecule has 6 nitrogen and oxygen atoms in total. The molecule has 1 aliphatic heterocycles. The summed E-state index contributed by atoms with van der Waals surface area (Å²) in [4.78, 5) is 12.0. The Hall–Kier alpha value is -2.80. The van der Waals surface area contributed by atoms with E-state index in [0.717, 1.165) is 11.6 Å². The zero-order valence-electron chi connectivity index (χ0n) is 13.6. The zero-order valence-corrected chi connectivity index (χ0v) is 14.4. The van der Waals surface area contributed by atoms with Crippen LogP contribution in [0.15, 0.2) is 53.4 Å². The lowest BCUT2D eigenvalue weighted by Crippen LogP contribution is -2.28. The van der Waals surface area contributed by atoms with Gasteiger partial charge in [-0.1, -0.05) is 23.8 Å². The van der Waals surface area contributed by atoms with E-state index in [2.05, 4.69) is 0 Å². The van der Waals surface area contributed by atoms with Gasteiger partial charge in [0.15, 0.2) is 11.5 Å². The van der Waals surface area contributed by atoms with E-state index >= 15 is 0 Å². The van der Waals surface area contributed by atoms with E-state index in [4.69, 9.17) is 9.47 Å². The van der Waals surface area contributed by atoms with Gasteiger partial charge >= 0.3 is 0 Å². The molecule has 0 spiro atoms. The fourth-order valence-corrected chi connectivity index (χ4v) is 3.22. The van der Waals surface area contributed by atoms with Crippen LogP contribution in [0.2, 0.25) is 0 Å². The standard InChI is InChI=1S/C18H17NO5S/c1-13-2-6-15(7-3-13)25(21,22)19-18(20)9-5-14-4-8-16-17(12-14)24-11-10-23-16/h2-9,12H,10-11H2,1H3,(H,19,20)/b9-5+. The number of ether oxygens (including phenoxy) is 2. The summed E-state index contributed by atoms with van der Waals surface area (Å²) in [5, 5.41) is 0. The van der Waals surface area contributed by atoms with Crippen LogP contribution in [0, 0.1) is 6.92 Å². The average molecular weight is 359 g/mol. The lowest BCUT2D eigenvalue weighted by Gasteiger charge is -2.18. The molecule has 7 heteroatoms. The van der Waals surface area contributed by atoms with Gasteiger partial charge in [0.05, 0.1) is 4.90 Å². The summed E-state index contributed by atoms with van der Waals surface area (Å²) in [6.45, 7) is 2.82. The highest BCUT2D eigenvalue weighted by Crippen LogP contribution is 2.31. The van der Waals surface area contributed by atoms with E-state index < -0.39 is 15.9 Å². The molecule has 1 N–H and O–H groups in total. The first-order valence-electron chi connectivity index (χ1n) is 7.65. The molecule has 0 aromatic heterocycles. The van der Waals surface area contributed by atoms with Crippen LogP contribution in [0.25, 0.3) is 6.08 Å². The SMILES string of the molecule is Cc1ccc(S(=O)(=O)NC(=O)/C=C/c2ccc3c(c2)OCCO3)cc1. The van der Waals surface area contributed by atoms with E-state index in [0.29, 0.717) is 30.3 Å². The number of nitrogens with one attached hydrogen (secondary N) is 1. The molecule has 130 valence electrons. The van der Waals surface area contributed by atoms with Gasteiger partial charge in [-0.15, -0.1) is 0 Å². The minimum atomic E-state index is -3.89. The third-order valence-corrected chi connectivity index (χ3v) is 4.92. The van der Waals surface area contributed by atoms with Crippen molar-refractivity contribution in [2.24, 2.45) is 0 Å². The maximum absolute atomic E-state index is 12.2. The number of fused-ring (bicyclic) bond motifs is 1. The Balaban J connectivity index is 1.69. The topological polar surface area (TPSA) is 81.7 Å². The fraction of sp³-hybridized carbons (Fsp3) is 0.167. The van der Waals surface area contributed by atoms with Crippen molar-refractivity contribution in [3.8, 4) is 11.5 Å². The Bertz CT molecular complexity index is 917. The smallest absolute Gasteiger partial charge is 0.264 e. The van der Waals surface area contributed by atoms with E-state index in [1.165, 1.54) is 18.2 Å². The number of aryl methyl sites for hydroxylation is 1. The van der Waals surface area contributed by atoms with E-state index in [1.807, 2.05) is 11.6 Å². The quantitative estimate of drug-likeness (QED) is 0.847. The molecule has 1 aliphatic rings. The van der Waals surface area contributed by atoms with Crippen LogP contribution in [-0.4, -0.2) is 27.5 Å². The Labute approximate surface area is 146 Å². The van der Waals surface area contributed by atoms with Gasteiger partial charge < -0.3 is 9.47 Å². The summed E-state index contributed by atoms with van der Waals surface area (Å²) in [5.41, 5.74) is 1.64. The Morgan fingerprint density at radius 1 is 1.04 bits per heavy atom. The van der Waals surface area contributed by atoms with Gasteiger partial charge in [0.25, 0.3) is 15.9 Å². The third-order valence-electron chi connectivity index (χ3n) is 3.56. The molecule has 0 fully saturated rings. The highest BCUT2D eigenvalue weighted by atomic mass is 32.2. The maximum Gasteiger partial charge on any atom is 0.264 e. The second-order valence-corrected chi connectivity index (χ2v) is 7.20. The van der Waals surface area contributed by atoms with Gasteiger partial charge in [-0.3, -0.25) is 4.79 Å². The highest BCUT2D eigenvalue weighted by molar-refractivity contribution is 7.90. The van der Waals surface area contributed by atoms with Gasteiger partial charge in [-0.05, 0) is 42.8 Å². The monoisotopic (exact) mass is 359 g/mol. The molecule has 25 heavy (non-hydrogen) atoms. The summed E-state index contributed by atoms with van der Waals surface area (Å²) < 4.78 is 37.2. The summed E-state index contributed by atoms with van der Waals surface area (Å²) in [5.74, 6) is 0.520. The van der Waals surface area contributed by atoms with Gasteiger partial charge in [-0.2, -0.15) is 0 Å². The highest BCUT2D eigenvalue weighted by Gasteiger charge is 2.16. The van der Waals surface area contributed by atoms with E-state index in [9.17, 15) is 13.2 Å². The van der Waals surface area contributed by atoms with Gasteiger partial charge in [0.2, 0.25) is 0 Å². The molecule has 0 bridgehead atoms. The van der Waals surface area contributed by atoms with Crippen LogP contribution < -0.4 is 14.2 Å². The number of benzene rings is 2. The van der Waals surface area contributed by atoms with E-state index in [1.54, 1.807) is 30.3 Å². The summed E-state index contributed by atoms with van der Waals surface area (Å²) in [7, 11) is -3.89. The molecule has 2 aromatic rings. The second-order valence-electron chi connectivity index (χ2n) is 5.52. The van der Waals surface area contributed by atoms with Crippen LogP contribution in [0.3, 0.4) is 0 Å². The van der Waals surface area contributed by atoms with Crippen molar-refractivity contribution in [1.29, 1.82) is 0 Å². The Morgan fingerprint density at radius 2 is 1.72 bits per heavy atom. The molecule has 0 radical (unpaired) electrons. The number of carbonyl (C=O) groups is 1. The predicted octanol–water partition coefficient (Wildman–Crippen LogP) is 2.28. The van der Waals surface area contributed by atoms with Crippen LogP contribution in [0.4, 0.5) is 0 Å². The largest absolute Gasteiger partial charge is 0.486 e. The average Bonchev–Trinajstić information content (AvgIpc) is 2.60. The zero-order chi connectivity index (χ0) is 17.9. The molecule has 0 saturated heterocycles. The predicted molar refractivity (Wildman–Crippen MR) is 93.0 cm³/mol. The molecule has 3 rings (SSSR count). The minimum absolute atomic E-state index is 0.0409. The second kappa shape index (κ2) is 6.98. The third kappa shape index (κ3) is 4.19. The van der Waals surface area contributed by atoms with Gasteiger partial charge in [0.1, 0.15) is 13.2 Å². The van der Waals surface area contributed by atoms with Crippen molar-refractivity contribution >= 4 is 22.0 Å². The molecular formula is C18H17NO5S. The Kier molecular flexibility index (Phi) is 4.76. The summed E-state index contributed by atoms with van der Waals surface area (Å²) in [6, 6.07) is 11.5. The lowest BCUT2D eigenvalue weighted by molar-refractivity contribution is -0.114. The van der Waals surface area contributed by atoms with Crippen LogP contribution in [-0.2, 0) is 14.8 Å². The number of hydrogen-bond donors (Lipinski definition) is 1. The van der Waals surface area contributed by atoms with Crippen molar-refractivity contribution in [3.05, 3.63) is 59.7 Å².